The Morgan fingerprint density at radius 2 is 1.96 bits per heavy atom. The Bertz CT molecular complexity index is 889. The summed E-state index contributed by atoms with van der Waals surface area (Å²) in [6.07, 6.45) is -4.45. The fourth-order valence-electron chi connectivity index (χ4n) is 3.56. The van der Waals surface area contributed by atoms with Crippen molar-refractivity contribution in [2.45, 2.75) is 31.7 Å². The van der Waals surface area contributed by atoms with Crippen LogP contribution in [-0.4, -0.2) is 39.3 Å². The Balaban J connectivity index is 1.80. The molecule has 11 heteroatoms. The minimum Gasteiger partial charge on any atom is -0.406 e. The van der Waals surface area contributed by atoms with Crippen LogP contribution >= 0.6 is 0 Å². The molecule has 8 nitrogen and oxygen atoms in total. The first-order valence-corrected chi connectivity index (χ1v) is 8.52. The van der Waals surface area contributed by atoms with Crippen molar-refractivity contribution >= 4 is 11.5 Å². The molecule has 0 atom stereocenters. The predicted octanol–water partition coefficient (Wildman–Crippen LogP) is 3.02. The first kappa shape index (κ1) is 19.9. The summed E-state index contributed by atoms with van der Waals surface area (Å²) in [5.74, 6) is -0.0579. The molecule has 2 aromatic rings. The van der Waals surface area contributed by atoms with E-state index in [1.807, 2.05) is 0 Å². The standard InChI is InChI=1S/C17H19F3N4O4/c1-11-14(24(26)27)15(22(2)21-11)23-8-6-16(25,7-9-23)12-4-3-5-13(10-12)28-17(18,19)20/h3-5,10,25H,6-9H2,1-2H3. The van der Waals surface area contributed by atoms with E-state index in [4.69, 9.17) is 0 Å². The SMILES string of the molecule is Cc1nn(C)c(N2CCC(O)(c3cccc(OC(F)(F)F)c3)CC2)c1[N+](=O)[O-]. The van der Waals surface area contributed by atoms with Crippen LogP contribution in [0.15, 0.2) is 24.3 Å². The maximum Gasteiger partial charge on any atom is 0.573 e. The van der Waals surface area contributed by atoms with Crippen molar-refractivity contribution in [2.24, 2.45) is 7.05 Å². The zero-order valence-electron chi connectivity index (χ0n) is 15.2. The minimum atomic E-state index is -4.82. The van der Waals surface area contributed by atoms with Gasteiger partial charge in [-0.2, -0.15) is 5.10 Å². The normalized spacial score (nSPS) is 16.9. The van der Waals surface area contributed by atoms with E-state index < -0.39 is 22.6 Å². The number of piperidine rings is 1. The Morgan fingerprint density at radius 3 is 2.54 bits per heavy atom. The van der Waals surface area contributed by atoms with Crippen molar-refractivity contribution in [3.63, 3.8) is 0 Å². The van der Waals surface area contributed by atoms with E-state index in [1.54, 1.807) is 18.9 Å². The van der Waals surface area contributed by atoms with E-state index in [-0.39, 0.29) is 31.6 Å². The minimum absolute atomic E-state index is 0.0893. The molecule has 0 amide bonds. The summed E-state index contributed by atoms with van der Waals surface area (Å²) in [5, 5.41) is 26.4. The first-order chi connectivity index (χ1) is 13.0. The van der Waals surface area contributed by atoms with Crippen LogP contribution in [0.2, 0.25) is 0 Å². The third kappa shape index (κ3) is 3.88. The zero-order chi connectivity index (χ0) is 20.7. The number of aryl methyl sites for hydroxylation is 2. The van der Waals surface area contributed by atoms with Gasteiger partial charge in [-0.15, -0.1) is 13.2 Å². The van der Waals surface area contributed by atoms with E-state index >= 15 is 0 Å². The van der Waals surface area contributed by atoms with Crippen LogP contribution in [0.4, 0.5) is 24.7 Å². The van der Waals surface area contributed by atoms with E-state index in [0.29, 0.717) is 17.1 Å². The summed E-state index contributed by atoms with van der Waals surface area (Å²) < 4.78 is 42.7. The molecular weight excluding hydrogens is 381 g/mol. The molecule has 1 aliphatic rings. The number of nitro groups is 1. The molecule has 1 N–H and O–H groups in total. The quantitative estimate of drug-likeness (QED) is 0.626. The van der Waals surface area contributed by atoms with Crippen LogP contribution in [0.1, 0.15) is 24.1 Å². The largest absolute Gasteiger partial charge is 0.573 e. The molecule has 1 saturated heterocycles. The number of aromatic nitrogens is 2. The second-order valence-electron chi connectivity index (χ2n) is 6.73. The van der Waals surface area contributed by atoms with Crippen molar-refractivity contribution in [3.8, 4) is 5.75 Å². The van der Waals surface area contributed by atoms with Gasteiger partial charge in [0.15, 0.2) is 0 Å². The molecule has 2 heterocycles. The number of ether oxygens (including phenoxy) is 1. The average molecular weight is 400 g/mol. The molecule has 1 aromatic carbocycles. The number of benzene rings is 1. The number of rotatable bonds is 4. The van der Waals surface area contributed by atoms with E-state index in [9.17, 15) is 28.4 Å². The van der Waals surface area contributed by atoms with Crippen molar-refractivity contribution in [1.82, 2.24) is 9.78 Å². The Morgan fingerprint density at radius 1 is 1.32 bits per heavy atom. The summed E-state index contributed by atoms with van der Waals surface area (Å²) in [6.45, 7) is 2.11. The maximum absolute atomic E-state index is 12.4. The van der Waals surface area contributed by atoms with E-state index in [0.717, 1.165) is 6.07 Å². The lowest BCUT2D eigenvalue weighted by Gasteiger charge is -2.39. The zero-order valence-corrected chi connectivity index (χ0v) is 15.2. The number of aliphatic hydroxyl groups is 1. The molecule has 0 spiro atoms. The number of hydrogen-bond donors (Lipinski definition) is 1. The number of nitrogens with zero attached hydrogens (tertiary/aromatic N) is 4. The van der Waals surface area contributed by atoms with Crippen LogP contribution in [0.5, 0.6) is 5.75 Å². The highest BCUT2D eigenvalue weighted by atomic mass is 19.4. The van der Waals surface area contributed by atoms with Gasteiger partial charge in [-0.3, -0.25) is 10.1 Å². The lowest BCUT2D eigenvalue weighted by atomic mass is 9.84. The summed E-state index contributed by atoms with van der Waals surface area (Å²) in [4.78, 5) is 12.6. The smallest absolute Gasteiger partial charge is 0.406 e. The molecule has 28 heavy (non-hydrogen) atoms. The first-order valence-electron chi connectivity index (χ1n) is 8.52. The molecule has 0 aliphatic carbocycles. The number of anilines is 1. The Hall–Kier alpha value is -2.82. The van der Waals surface area contributed by atoms with Crippen LogP contribution in [-0.2, 0) is 12.6 Å². The predicted molar refractivity (Wildman–Crippen MR) is 93.1 cm³/mol. The monoisotopic (exact) mass is 400 g/mol. The molecule has 152 valence electrons. The van der Waals surface area contributed by atoms with Crippen molar-refractivity contribution in [2.75, 3.05) is 18.0 Å². The van der Waals surface area contributed by atoms with E-state index in [2.05, 4.69) is 9.84 Å². The molecular formula is C17H19F3N4O4. The molecule has 0 bridgehead atoms. The second-order valence-corrected chi connectivity index (χ2v) is 6.73. The number of hydrogen-bond acceptors (Lipinski definition) is 6. The van der Waals surface area contributed by atoms with Gasteiger partial charge in [0.2, 0.25) is 5.82 Å². The van der Waals surface area contributed by atoms with Gasteiger partial charge in [0.25, 0.3) is 0 Å². The van der Waals surface area contributed by atoms with Gasteiger partial charge in [0.1, 0.15) is 11.4 Å². The highest BCUT2D eigenvalue weighted by Gasteiger charge is 2.38. The highest BCUT2D eigenvalue weighted by molar-refractivity contribution is 5.61. The molecule has 3 rings (SSSR count). The van der Waals surface area contributed by atoms with Crippen molar-refractivity contribution in [3.05, 3.63) is 45.6 Å². The van der Waals surface area contributed by atoms with Gasteiger partial charge in [-0.25, -0.2) is 4.68 Å². The Labute approximate surface area is 158 Å². The second kappa shape index (κ2) is 6.97. The number of alkyl halides is 3. The lowest BCUT2D eigenvalue weighted by Crippen LogP contribution is -2.43. The van der Waals surface area contributed by atoms with Crippen molar-refractivity contribution in [1.29, 1.82) is 0 Å². The molecule has 1 aliphatic heterocycles. The van der Waals surface area contributed by atoms with Gasteiger partial charge < -0.3 is 14.7 Å². The van der Waals surface area contributed by atoms with Crippen LogP contribution < -0.4 is 9.64 Å². The van der Waals surface area contributed by atoms with Crippen LogP contribution in [0.3, 0.4) is 0 Å². The van der Waals surface area contributed by atoms with Gasteiger partial charge in [-0.1, -0.05) is 12.1 Å². The third-order valence-electron chi connectivity index (χ3n) is 4.84. The molecule has 1 fully saturated rings. The lowest BCUT2D eigenvalue weighted by molar-refractivity contribution is -0.384. The summed E-state index contributed by atoms with van der Waals surface area (Å²) >= 11 is 0. The molecule has 1 aromatic heterocycles. The maximum atomic E-state index is 12.4. The fourth-order valence-corrected chi connectivity index (χ4v) is 3.56. The summed E-state index contributed by atoms with van der Waals surface area (Å²) in [7, 11) is 1.61. The topological polar surface area (TPSA) is 93.7 Å². The third-order valence-corrected chi connectivity index (χ3v) is 4.84. The van der Waals surface area contributed by atoms with Gasteiger partial charge in [0.05, 0.1) is 10.5 Å². The number of halogens is 3. The summed E-state index contributed by atoms with van der Waals surface area (Å²) in [5.41, 5.74) is -0.845. The average Bonchev–Trinajstić information content (AvgIpc) is 2.88. The van der Waals surface area contributed by atoms with Gasteiger partial charge >= 0.3 is 12.0 Å². The van der Waals surface area contributed by atoms with Gasteiger partial charge in [-0.05, 0) is 37.5 Å². The molecule has 0 saturated carbocycles. The van der Waals surface area contributed by atoms with Crippen LogP contribution in [0, 0.1) is 17.0 Å². The highest BCUT2D eigenvalue weighted by Crippen LogP contribution is 2.39. The fraction of sp³-hybridized carbons (Fsp3) is 0.471. The van der Waals surface area contributed by atoms with Crippen molar-refractivity contribution < 1.29 is 27.9 Å². The van der Waals surface area contributed by atoms with Crippen LogP contribution in [0.25, 0.3) is 0 Å². The molecule has 0 radical (unpaired) electrons. The van der Waals surface area contributed by atoms with Gasteiger partial charge in [0, 0.05) is 20.1 Å². The Kier molecular flexibility index (Phi) is 4.96. The molecule has 0 unspecified atom stereocenters. The summed E-state index contributed by atoms with van der Waals surface area (Å²) in [6, 6.07) is 5.25. The van der Waals surface area contributed by atoms with E-state index in [1.165, 1.54) is 22.9 Å².